The van der Waals surface area contributed by atoms with Gasteiger partial charge >= 0.3 is 0 Å². The van der Waals surface area contributed by atoms with Gasteiger partial charge in [0.2, 0.25) is 0 Å². The van der Waals surface area contributed by atoms with Crippen LogP contribution in [0.2, 0.25) is 0 Å². The normalized spacial score (nSPS) is 10.7. The fraction of sp³-hybridized carbons (Fsp3) is 0.176. The summed E-state index contributed by atoms with van der Waals surface area (Å²) in [4.78, 5) is 10.6. The molecule has 2 heterocycles. The molecule has 0 aliphatic heterocycles. The standard InChI is InChI=1S/C17H18N4/c1-2-21(12-13-5-8-19-9-6-13)17-4-3-16(18)14-7-10-20-11-15(14)17/h3-11H,2,12,18H2,1H3. The first-order valence-corrected chi connectivity index (χ1v) is 7.05. The molecular weight excluding hydrogens is 260 g/mol. The number of benzene rings is 1. The number of rotatable bonds is 4. The first kappa shape index (κ1) is 13.4. The molecule has 0 bridgehead atoms. The number of pyridine rings is 2. The number of nitrogens with two attached hydrogens (primary N) is 1. The minimum Gasteiger partial charge on any atom is -0.398 e. The SMILES string of the molecule is CCN(Cc1ccncc1)c1ccc(N)c2ccncc12. The van der Waals surface area contributed by atoms with E-state index in [1.807, 2.05) is 42.9 Å². The second-order valence-corrected chi connectivity index (χ2v) is 4.96. The van der Waals surface area contributed by atoms with Crippen molar-refractivity contribution in [1.29, 1.82) is 0 Å². The van der Waals surface area contributed by atoms with Crippen molar-refractivity contribution in [3.63, 3.8) is 0 Å². The summed E-state index contributed by atoms with van der Waals surface area (Å²) in [7, 11) is 0. The molecular formula is C17H18N4. The average molecular weight is 278 g/mol. The molecule has 0 radical (unpaired) electrons. The number of nitrogen functional groups attached to an aromatic ring is 1. The fourth-order valence-corrected chi connectivity index (χ4v) is 2.55. The molecule has 0 saturated heterocycles. The van der Waals surface area contributed by atoms with Crippen LogP contribution in [0.5, 0.6) is 0 Å². The van der Waals surface area contributed by atoms with Gasteiger partial charge in [0.1, 0.15) is 0 Å². The molecule has 0 fully saturated rings. The number of nitrogens with zero attached hydrogens (tertiary/aromatic N) is 3. The van der Waals surface area contributed by atoms with Gasteiger partial charge in [-0.15, -0.1) is 0 Å². The molecule has 4 heteroatoms. The van der Waals surface area contributed by atoms with Crippen LogP contribution in [0, 0.1) is 0 Å². The monoisotopic (exact) mass is 278 g/mol. The molecule has 21 heavy (non-hydrogen) atoms. The van der Waals surface area contributed by atoms with Crippen molar-refractivity contribution in [1.82, 2.24) is 9.97 Å². The minimum absolute atomic E-state index is 0.788. The van der Waals surface area contributed by atoms with Crippen molar-refractivity contribution in [2.24, 2.45) is 0 Å². The van der Waals surface area contributed by atoms with E-state index in [4.69, 9.17) is 5.73 Å². The number of anilines is 2. The summed E-state index contributed by atoms with van der Waals surface area (Å²) >= 11 is 0. The first-order chi connectivity index (χ1) is 10.3. The summed E-state index contributed by atoms with van der Waals surface area (Å²) < 4.78 is 0. The molecule has 2 N–H and O–H groups in total. The van der Waals surface area contributed by atoms with E-state index in [9.17, 15) is 0 Å². The Morgan fingerprint density at radius 1 is 0.952 bits per heavy atom. The van der Waals surface area contributed by atoms with Crippen LogP contribution in [0.15, 0.2) is 55.1 Å². The van der Waals surface area contributed by atoms with Gasteiger partial charge in [-0.1, -0.05) is 0 Å². The van der Waals surface area contributed by atoms with Gasteiger partial charge in [0.15, 0.2) is 0 Å². The molecule has 3 aromatic rings. The average Bonchev–Trinajstić information content (AvgIpc) is 2.55. The van der Waals surface area contributed by atoms with Crippen LogP contribution in [0.25, 0.3) is 10.8 Å². The maximum absolute atomic E-state index is 6.06. The lowest BCUT2D eigenvalue weighted by atomic mass is 10.1. The van der Waals surface area contributed by atoms with Gasteiger partial charge < -0.3 is 10.6 Å². The van der Waals surface area contributed by atoms with E-state index >= 15 is 0 Å². The molecule has 1 aromatic carbocycles. The van der Waals surface area contributed by atoms with Crippen LogP contribution in [0.1, 0.15) is 12.5 Å². The van der Waals surface area contributed by atoms with Crippen LogP contribution in [0.4, 0.5) is 11.4 Å². The summed E-state index contributed by atoms with van der Waals surface area (Å²) in [6, 6.07) is 10.1. The zero-order chi connectivity index (χ0) is 14.7. The van der Waals surface area contributed by atoms with Crippen molar-refractivity contribution in [2.75, 3.05) is 17.2 Å². The maximum Gasteiger partial charge on any atom is 0.0466 e. The number of hydrogen-bond donors (Lipinski definition) is 1. The van der Waals surface area contributed by atoms with Crippen LogP contribution in [-0.4, -0.2) is 16.5 Å². The smallest absolute Gasteiger partial charge is 0.0466 e. The largest absolute Gasteiger partial charge is 0.398 e. The second kappa shape index (κ2) is 5.79. The van der Waals surface area contributed by atoms with Crippen molar-refractivity contribution in [3.8, 4) is 0 Å². The molecule has 0 spiro atoms. The van der Waals surface area contributed by atoms with E-state index in [1.54, 1.807) is 6.20 Å². The van der Waals surface area contributed by atoms with Crippen molar-refractivity contribution < 1.29 is 0 Å². The van der Waals surface area contributed by atoms with E-state index in [-0.39, 0.29) is 0 Å². The van der Waals surface area contributed by atoms with Gasteiger partial charge in [-0.25, -0.2) is 0 Å². The third-order valence-electron chi connectivity index (χ3n) is 3.67. The number of fused-ring (bicyclic) bond motifs is 1. The zero-order valence-corrected chi connectivity index (χ0v) is 12.0. The van der Waals surface area contributed by atoms with Gasteiger partial charge in [0.05, 0.1) is 0 Å². The molecule has 0 saturated carbocycles. The summed E-state index contributed by atoms with van der Waals surface area (Å²) in [6.45, 7) is 3.91. The Bertz CT molecular complexity index is 740. The van der Waals surface area contributed by atoms with Crippen molar-refractivity contribution >= 4 is 22.1 Å². The summed E-state index contributed by atoms with van der Waals surface area (Å²) in [5.74, 6) is 0. The molecule has 0 atom stereocenters. The third-order valence-corrected chi connectivity index (χ3v) is 3.67. The minimum atomic E-state index is 0.788. The quantitative estimate of drug-likeness (QED) is 0.744. The van der Waals surface area contributed by atoms with E-state index in [1.165, 1.54) is 5.56 Å². The highest BCUT2D eigenvalue weighted by Crippen LogP contribution is 2.30. The topological polar surface area (TPSA) is 55.0 Å². The van der Waals surface area contributed by atoms with Gasteiger partial charge in [0, 0.05) is 60.0 Å². The second-order valence-electron chi connectivity index (χ2n) is 4.96. The van der Waals surface area contributed by atoms with Gasteiger partial charge in [-0.05, 0) is 42.8 Å². The molecule has 3 rings (SSSR count). The predicted molar refractivity (Wildman–Crippen MR) is 87.1 cm³/mol. The van der Waals surface area contributed by atoms with E-state index < -0.39 is 0 Å². The van der Waals surface area contributed by atoms with Crippen LogP contribution < -0.4 is 10.6 Å². The van der Waals surface area contributed by atoms with E-state index in [0.29, 0.717) is 0 Å². The Morgan fingerprint density at radius 2 is 1.71 bits per heavy atom. The molecule has 0 aliphatic carbocycles. The molecule has 0 unspecified atom stereocenters. The molecule has 0 amide bonds. The lowest BCUT2D eigenvalue weighted by molar-refractivity contribution is 0.834. The van der Waals surface area contributed by atoms with Crippen LogP contribution in [-0.2, 0) is 6.54 Å². The Kier molecular flexibility index (Phi) is 3.69. The highest BCUT2D eigenvalue weighted by molar-refractivity contribution is 6.00. The predicted octanol–water partition coefficient (Wildman–Crippen LogP) is 3.24. The number of hydrogen-bond acceptors (Lipinski definition) is 4. The summed E-state index contributed by atoms with van der Waals surface area (Å²) in [5.41, 5.74) is 9.25. The highest BCUT2D eigenvalue weighted by Gasteiger charge is 2.11. The highest BCUT2D eigenvalue weighted by atomic mass is 15.1. The van der Waals surface area contributed by atoms with Gasteiger partial charge in [-0.3, -0.25) is 9.97 Å². The van der Waals surface area contributed by atoms with Gasteiger partial charge in [0.25, 0.3) is 0 Å². The number of aromatic nitrogens is 2. The summed E-state index contributed by atoms with van der Waals surface area (Å²) in [5, 5.41) is 2.14. The Labute approximate surface area is 124 Å². The summed E-state index contributed by atoms with van der Waals surface area (Å²) in [6.07, 6.45) is 7.31. The van der Waals surface area contributed by atoms with Gasteiger partial charge in [-0.2, -0.15) is 0 Å². The lowest BCUT2D eigenvalue weighted by Crippen LogP contribution is -2.22. The molecule has 106 valence electrons. The lowest BCUT2D eigenvalue weighted by Gasteiger charge is -2.25. The van der Waals surface area contributed by atoms with Crippen molar-refractivity contribution in [3.05, 3.63) is 60.7 Å². The Morgan fingerprint density at radius 3 is 2.48 bits per heavy atom. The molecule has 2 aromatic heterocycles. The Hall–Kier alpha value is -2.62. The maximum atomic E-state index is 6.06. The van der Waals surface area contributed by atoms with E-state index in [2.05, 4.69) is 27.9 Å². The zero-order valence-electron chi connectivity index (χ0n) is 12.0. The Balaban J connectivity index is 2.03. The molecule has 4 nitrogen and oxygen atoms in total. The first-order valence-electron chi connectivity index (χ1n) is 7.05. The molecule has 0 aliphatic rings. The van der Waals surface area contributed by atoms with Crippen LogP contribution in [0.3, 0.4) is 0 Å². The van der Waals surface area contributed by atoms with E-state index in [0.717, 1.165) is 35.2 Å². The third kappa shape index (κ3) is 2.65. The fourth-order valence-electron chi connectivity index (χ4n) is 2.55. The van der Waals surface area contributed by atoms with Crippen LogP contribution >= 0.6 is 0 Å². The van der Waals surface area contributed by atoms with Crippen molar-refractivity contribution in [2.45, 2.75) is 13.5 Å².